The summed E-state index contributed by atoms with van der Waals surface area (Å²) in [5, 5.41) is 4.18. The van der Waals surface area contributed by atoms with Crippen molar-refractivity contribution in [2.75, 3.05) is 18.5 Å². The lowest BCUT2D eigenvalue weighted by Crippen LogP contribution is -2.15. The Morgan fingerprint density at radius 3 is 2.33 bits per heavy atom. The molecule has 0 radical (unpaired) electrons. The first-order valence-electron chi connectivity index (χ1n) is 8.16. The summed E-state index contributed by atoms with van der Waals surface area (Å²) in [6, 6.07) is 5.60. The quantitative estimate of drug-likeness (QED) is 0.572. The monoisotopic (exact) mass is 391 g/mol. The Hall–Kier alpha value is -3.00. The Labute approximate surface area is 159 Å². The third-order valence-electron chi connectivity index (χ3n) is 3.30. The van der Waals surface area contributed by atoms with Crippen molar-refractivity contribution in [3.63, 3.8) is 0 Å². The third kappa shape index (κ3) is 5.49. The number of hydrogen-bond donors (Lipinski definition) is 1. The number of rotatable bonds is 7. The Kier molecular flexibility index (Phi) is 7.25. The van der Waals surface area contributed by atoms with Gasteiger partial charge in [-0.1, -0.05) is 12.1 Å². The summed E-state index contributed by atoms with van der Waals surface area (Å²) < 4.78 is 22.8. The van der Waals surface area contributed by atoms with Gasteiger partial charge in [0, 0.05) is 11.5 Å². The molecule has 0 saturated heterocycles. The topological polar surface area (TPSA) is 81.7 Å². The summed E-state index contributed by atoms with van der Waals surface area (Å²) in [6.07, 6.45) is 2.74. The van der Waals surface area contributed by atoms with E-state index in [2.05, 4.69) is 5.32 Å². The van der Waals surface area contributed by atoms with Gasteiger partial charge in [-0.2, -0.15) is 0 Å². The van der Waals surface area contributed by atoms with E-state index in [-0.39, 0.29) is 35.2 Å². The van der Waals surface area contributed by atoms with E-state index < -0.39 is 17.8 Å². The summed E-state index contributed by atoms with van der Waals surface area (Å²) in [6.45, 7) is 3.56. The standard InChI is InChI=1S/C19H18FNO5S/c1-3-25-18(23)14-11-27-17(16(14)19(24)26-4-2)21-15(22)10-7-12-5-8-13(20)9-6-12/h5-11H,3-4H2,1-2H3,(H,21,22)/b10-7+. The van der Waals surface area contributed by atoms with Gasteiger partial charge < -0.3 is 14.8 Å². The van der Waals surface area contributed by atoms with E-state index in [0.717, 1.165) is 11.3 Å². The number of anilines is 1. The molecule has 0 unspecified atom stereocenters. The second-order valence-electron chi connectivity index (χ2n) is 5.17. The van der Waals surface area contributed by atoms with Gasteiger partial charge in [-0.15, -0.1) is 11.3 Å². The maximum absolute atomic E-state index is 12.9. The minimum Gasteiger partial charge on any atom is -0.462 e. The van der Waals surface area contributed by atoms with E-state index in [9.17, 15) is 18.8 Å². The zero-order valence-corrected chi connectivity index (χ0v) is 15.6. The average Bonchev–Trinajstić information content (AvgIpc) is 3.05. The van der Waals surface area contributed by atoms with Crippen molar-refractivity contribution in [2.24, 2.45) is 0 Å². The van der Waals surface area contributed by atoms with E-state index in [4.69, 9.17) is 9.47 Å². The maximum atomic E-state index is 12.9. The fourth-order valence-electron chi connectivity index (χ4n) is 2.11. The molecular formula is C19H18FNO5S. The first-order valence-corrected chi connectivity index (χ1v) is 9.04. The maximum Gasteiger partial charge on any atom is 0.342 e. The van der Waals surface area contributed by atoms with Crippen LogP contribution in [0.1, 0.15) is 40.1 Å². The van der Waals surface area contributed by atoms with Gasteiger partial charge in [0.25, 0.3) is 0 Å². The van der Waals surface area contributed by atoms with Gasteiger partial charge in [-0.25, -0.2) is 14.0 Å². The molecule has 6 nitrogen and oxygen atoms in total. The molecule has 0 saturated carbocycles. The van der Waals surface area contributed by atoms with Crippen molar-refractivity contribution in [1.29, 1.82) is 0 Å². The van der Waals surface area contributed by atoms with Crippen molar-refractivity contribution in [3.8, 4) is 0 Å². The van der Waals surface area contributed by atoms with Crippen LogP contribution in [0.25, 0.3) is 6.08 Å². The molecule has 1 heterocycles. The molecule has 142 valence electrons. The molecule has 0 spiro atoms. The highest BCUT2D eigenvalue weighted by Crippen LogP contribution is 2.30. The van der Waals surface area contributed by atoms with Crippen LogP contribution in [0, 0.1) is 5.82 Å². The van der Waals surface area contributed by atoms with Gasteiger partial charge in [0.2, 0.25) is 5.91 Å². The van der Waals surface area contributed by atoms with Crippen molar-refractivity contribution < 1.29 is 28.2 Å². The normalized spacial score (nSPS) is 10.6. The highest BCUT2D eigenvalue weighted by atomic mass is 32.1. The number of ether oxygens (including phenoxy) is 2. The second-order valence-corrected chi connectivity index (χ2v) is 6.05. The second kappa shape index (κ2) is 9.63. The minimum atomic E-state index is -0.723. The molecule has 0 bridgehead atoms. The molecule has 0 aliphatic rings. The number of esters is 2. The van der Waals surface area contributed by atoms with Crippen LogP contribution in [0.5, 0.6) is 0 Å². The van der Waals surface area contributed by atoms with Crippen LogP contribution in [0.4, 0.5) is 9.39 Å². The summed E-state index contributed by atoms with van der Waals surface area (Å²) in [5.74, 6) is -2.28. The molecule has 27 heavy (non-hydrogen) atoms. The summed E-state index contributed by atoms with van der Waals surface area (Å²) in [7, 11) is 0. The largest absolute Gasteiger partial charge is 0.462 e. The lowest BCUT2D eigenvalue weighted by atomic mass is 10.2. The molecule has 0 aliphatic carbocycles. The number of hydrogen-bond acceptors (Lipinski definition) is 6. The predicted molar refractivity (Wildman–Crippen MR) is 100 cm³/mol. The molecule has 0 fully saturated rings. The van der Waals surface area contributed by atoms with E-state index >= 15 is 0 Å². The van der Waals surface area contributed by atoms with Crippen LogP contribution >= 0.6 is 11.3 Å². The van der Waals surface area contributed by atoms with Crippen molar-refractivity contribution in [1.82, 2.24) is 0 Å². The molecule has 1 amide bonds. The molecule has 2 rings (SSSR count). The fraction of sp³-hybridized carbons (Fsp3) is 0.211. The Morgan fingerprint density at radius 1 is 1.07 bits per heavy atom. The first-order chi connectivity index (χ1) is 13.0. The highest BCUT2D eigenvalue weighted by molar-refractivity contribution is 7.15. The Morgan fingerprint density at radius 2 is 1.70 bits per heavy atom. The smallest absolute Gasteiger partial charge is 0.342 e. The molecule has 0 aliphatic heterocycles. The molecule has 1 aromatic heterocycles. The number of thiophene rings is 1. The van der Waals surface area contributed by atoms with Crippen LogP contribution < -0.4 is 5.32 Å². The molecule has 0 atom stereocenters. The van der Waals surface area contributed by atoms with E-state index in [1.54, 1.807) is 13.8 Å². The van der Waals surface area contributed by atoms with Gasteiger partial charge >= 0.3 is 11.9 Å². The van der Waals surface area contributed by atoms with Gasteiger partial charge in [0.05, 0.1) is 18.8 Å². The lowest BCUT2D eigenvalue weighted by Gasteiger charge is -2.07. The lowest BCUT2D eigenvalue weighted by molar-refractivity contribution is -0.111. The fourth-order valence-corrected chi connectivity index (χ4v) is 3.03. The summed E-state index contributed by atoms with van der Waals surface area (Å²) in [5.41, 5.74) is 0.637. The number of nitrogens with one attached hydrogen (secondary N) is 1. The van der Waals surface area contributed by atoms with E-state index in [1.165, 1.54) is 41.8 Å². The number of carbonyl (C=O) groups is 3. The number of carbonyl (C=O) groups excluding carboxylic acids is 3. The number of benzene rings is 1. The van der Waals surface area contributed by atoms with Crippen LogP contribution in [-0.4, -0.2) is 31.1 Å². The van der Waals surface area contributed by atoms with Crippen LogP contribution in [0.2, 0.25) is 0 Å². The molecular weight excluding hydrogens is 373 g/mol. The minimum absolute atomic E-state index is 0.0381. The third-order valence-corrected chi connectivity index (χ3v) is 4.20. The number of halogens is 1. The predicted octanol–water partition coefficient (Wildman–Crippen LogP) is 3.89. The molecule has 2 aromatic rings. The Bertz CT molecular complexity index is 857. The summed E-state index contributed by atoms with van der Waals surface area (Å²) in [4.78, 5) is 36.4. The van der Waals surface area contributed by atoms with Gasteiger partial charge in [0.1, 0.15) is 16.4 Å². The van der Waals surface area contributed by atoms with Crippen LogP contribution in [0.15, 0.2) is 35.7 Å². The highest BCUT2D eigenvalue weighted by Gasteiger charge is 2.26. The van der Waals surface area contributed by atoms with E-state index in [1.807, 2.05) is 0 Å². The van der Waals surface area contributed by atoms with Crippen molar-refractivity contribution in [3.05, 3.63) is 58.2 Å². The van der Waals surface area contributed by atoms with Gasteiger partial charge in [0.15, 0.2) is 0 Å². The van der Waals surface area contributed by atoms with Crippen molar-refractivity contribution in [2.45, 2.75) is 13.8 Å². The van der Waals surface area contributed by atoms with Gasteiger partial charge in [-0.3, -0.25) is 4.79 Å². The molecule has 8 heteroatoms. The van der Waals surface area contributed by atoms with Crippen LogP contribution in [0.3, 0.4) is 0 Å². The SMILES string of the molecule is CCOC(=O)c1csc(NC(=O)/C=C/c2ccc(F)cc2)c1C(=O)OCC. The van der Waals surface area contributed by atoms with E-state index in [0.29, 0.717) is 5.56 Å². The first kappa shape index (κ1) is 20.3. The zero-order valence-electron chi connectivity index (χ0n) is 14.8. The van der Waals surface area contributed by atoms with Crippen molar-refractivity contribution >= 4 is 40.3 Å². The zero-order chi connectivity index (χ0) is 19.8. The Balaban J connectivity index is 2.21. The van der Waals surface area contributed by atoms with Gasteiger partial charge in [-0.05, 0) is 37.6 Å². The molecule has 1 aromatic carbocycles. The van der Waals surface area contributed by atoms with Crippen LogP contribution in [-0.2, 0) is 14.3 Å². The summed E-state index contributed by atoms with van der Waals surface area (Å²) >= 11 is 1.02. The average molecular weight is 391 g/mol. The molecule has 1 N–H and O–H groups in total. The number of amides is 1.